The van der Waals surface area contributed by atoms with Crippen LogP contribution in [0.1, 0.15) is 61.1 Å². The van der Waals surface area contributed by atoms with Crippen LogP contribution in [0.15, 0.2) is 42.5 Å². The quantitative estimate of drug-likeness (QED) is 0.705. The number of hydrogen-bond acceptors (Lipinski definition) is 3. The van der Waals surface area contributed by atoms with Crippen LogP contribution < -0.4 is 10.6 Å². The third kappa shape index (κ3) is 3.94. The molecule has 1 heterocycles. The smallest absolute Gasteiger partial charge is 0.325 e. The van der Waals surface area contributed by atoms with Crippen LogP contribution in [-0.2, 0) is 34.4 Å². The van der Waals surface area contributed by atoms with E-state index in [1.165, 1.54) is 16.7 Å². The minimum absolute atomic E-state index is 0.220. The van der Waals surface area contributed by atoms with E-state index in [1.54, 1.807) is 6.92 Å². The molecule has 31 heavy (non-hydrogen) atoms. The molecule has 1 aliphatic carbocycles. The molecular weight excluding hydrogens is 390 g/mol. The zero-order valence-corrected chi connectivity index (χ0v) is 18.3. The maximum absolute atomic E-state index is 13.2. The lowest BCUT2D eigenvalue weighted by Crippen LogP contribution is -2.43. The number of aryl methyl sites for hydroxylation is 3. The van der Waals surface area contributed by atoms with Crippen molar-refractivity contribution in [2.75, 3.05) is 6.54 Å². The first-order valence-electron chi connectivity index (χ1n) is 11.0. The predicted octanol–water partition coefficient (Wildman–Crippen LogP) is 3.38. The van der Waals surface area contributed by atoms with E-state index < -0.39 is 17.5 Å². The molecule has 162 valence electrons. The lowest BCUT2D eigenvalue weighted by atomic mass is 9.89. The van der Waals surface area contributed by atoms with Crippen LogP contribution in [0.3, 0.4) is 0 Å². The van der Waals surface area contributed by atoms with Crippen molar-refractivity contribution >= 4 is 17.8 Å². The summed E-state index contributed by atoms with van der Waals surface area (Å²) in [6, 6.07) is 13.3. The van der Waals surface area contributed by atoms with Crippen LogP contribution in [0, 0.1) is 0 Å². The van der Waals surface area contributed by atoms with Gasteiger partial charge in [0.1, 0.15) is 12.1 Å². The Labute approximate surface area is 183 Å². The van der Waals surface area contributed by atoms with E-state index in [0.717, 1.165) is 41.7 Å². The van der Waals surface area contributed by atoms with Crippen molar-refractivity contribution in [1.29, 1.82) is 0 Å². The fourth-order valence-electron chi connectivity index (χ4n) is 4.48. The molecule has 2 unspecified atom stereocenters. The van der Waals surface area contributed by atoms with Gasteiger partial charge in [0.15, 0.2) is 0 Å². The topological polar surface area (TPSA) is 78.5 Å². The highest BCUT2D eigenvalue weighted by Crippen LogP contribution is 2.32. The van der Waals surface area contributed by atoms with E-state index in [4.69, 9.17) is 0 Å². The van der Waals surface area contributed by atoms with E-state index in [1.807, 2.05) is 49.4 Å². The molecule has 4 amide bonds. The Morgan fingerprint density at radius 2 is 1.84 bits per heavy atom. The molecule has 0 spiro atoms. The number of amides is 4. The zero-order chi connectivity index (χ0) is 22.2. The van der Waals surface area contributed by atoms with Gasteiger partial charge in [-0.3, -0.25) is 14.5 Å². The molecule has 2 aromatic rings. The Balaban J connectivity index is 1.44. The molecule has 2 atom stereocenters. The number of carbonyl (C=O) groups is 3. The first-order valence-corrected chi connectivity index (χ1v) is 11.0. The summed E-state index contributed by atoms with van der Waals surface area (Å²) in [6.45, 7) is 5.39. The third-order valence-electron chi connectivity index (χ3n) is 6.52. The van der Waals surface area contributed by atoms with E-state index >= 15 is 0 Å². The average molecular weight is 420 g/mol. The molecule has 6 nitrogen and oxygen atoms in total. The maximum atomic E-state index is 13.2. The summed E-state index contributed by atoms with van der Waals surface area (Å²) < 4.78 is 0. The number of hydrogen-bond donors (Lipinski definition) is 2. The minimum Gasteiger partial charge on any atom is -0.348 e. The number of fused-ring (bicyclic) bond motifs is 1. The van der Waals surface area contributed by atoms with E-state index in [0.29, 0.717) is 0 Å². The molecule has 0 aromatic heterocycles. The molecule has 2 N–H and O–H groups in total. The van der Waals surface area contributed by atoms with Crippen molar-refractivity contribution in [2.24, 2.45) is 0 Å². The van der Waals surface area contributed by atoms with Crippen molar-refractivity contribution in [1.82, 2.24) is 15.5 Å². The van der Waals surface area contributed by atoms with Crippen LogP contribution >= 0.6 is 0 Å². The molecule has 1 fully saturated rings. The molecular formula is C25H29N3O3. The van der Waals surface area contributed by atoms with Gasteiger partial charge in [-0.1, -0.05) is 49.4 Å². The van der Waals surface area contributed by atoms with Crippen LogP contribution in [0.4, 0.5) is 4.79 Å². The predicted molar refractivity (Wildman–Crippen MR) is 118 cm³/mol. The summed E-state index contributed by atoms with van der Waals surface area (Å²) >= 11 is 0. The molecule has 0 bridgehead atoms. The molecule has 1 aliphatic heterocycles. The van der Waals surface area contributed by atoms with Gasteiger partial charge in [-0.15, -0.1) is 0 Å². The third-order valence-corrected chi connectivity index (χ3v) is 6.52. The van der Waals surface area contributed by atoms with Crippen LogP contribution in [-0.4, -0.2) is 29.3 Å². The number of benzene rings is 2. The summed E-state index contributed by atoms with van der Waals surface area (Å²) in [5.41, 5.74) is 4.36. The molecule has 0 radical (unpaired) electrons. The molecule has 1 saturated heterocycles. The first-order chi connectivity index (χ1) is 14.8. The Morgan fingerprint density at radius 3 is 2.55 bits per heavy atom. The lowest BCUT2D eigenvalue weighted by molar-refractivity contribution is -0.135. The standard InChI is InChI=1S/C25H29N3O3/c1-4-17-8-10-18(11-9-17)16(2)26-22(29)15-28-23(30)25(3,27-24(28)31)21-13-12-19-6-5-7-20(19)14-21/h8-14,16H,4-7,15H2,1-3H3,(H,26,29)(H,27,31). The molecule has 2 aromatic carbocycles. The second-order valence-electron chi connectivity index (χ2n) is 8.67. The lowest BCUT2D eigenvalue weighted by Gasteiger charge is -2.23. The number of urea groups is 1. The fraction of sp³-hybridized carbons (Fsp3) is 0.400. The minimum atomic E-state index is -1.16. The van der Waals surface area contributed by atoms with Crippen LogP contribution in [0.2, 0.25) is 0 Å². The van der Waals surface area contributed by atoms with Crippen molar-refractivity contribution in [3.05, 3.63) is 70.3 Å². The number of imide groups is 1. The average Bonchev–Trinajstić information content (AvgIpc) is 3.32. The largest absolute Gasteiger partial charge is 0.348 e. The van der Waals surface area contributed by atoms with Gasteiger partial charge in [0, 0.05) is 0 Å². The van der Waals surface area contributed by atoms with Crippen LogP contribution in [0.5, 0.6) is 0 Å². The van der Waals surface area contributed by atoms with Gasteiger partial charge in [-0.2, -0.15) is 0 Å². The number of nitrogens with one attached hydrogen (secondary N) is 2. The number of nitrogens with zero attached hydrogens (tertiary/aromatic N) is 1. The monoisotopic (exact) mass is 419 g/mol. The zero-order valence-electron chi connectivity index (χ0n) is 18.3. The maximum Gasteiger partial charge on any atom is 0.325 e. The highest BCUT2D eigenvalue weighted by molar-refractivity contribution is 6.09. The van der Waals surface area contributed by atoms with Gasteiger partial charge >= 0.3 is 6.03 Å². The second kappa shape index (κ2) is 8.17. The summed E-state index contributed by atoms with van der Waals surface area (Å²) in [5, 5.41) is 5.69. The Morgan fingerprint density at radius 1 is 1.13 bits per heavy atom. The number of carbonyl (C=O) groups excluding carboxylic acids is 3. The van der Waals surface area contributed by atoms with Gasteiger partial charge < -0.3 is 10.6 Å². The fourth-order valence-corrected chi connectivity index (χ4v) is 4.48. The van der Waals surface area contributed by atoms with Gasteiger partial charge in [0.2, 0.25) is 5.91 Å². The highest BCUT2D eigenvalue weighted by atomic mass is 16.2. The van der Waals surface area contributed by atoms with E-state index in [2.05, 4.69) is 17.6 Å². The molecule has 6 heteroatoms. The summed E-state index contributed by atoms with van der Waals surface area (Å²) in [7, 11) is 0. The van der Waals surface area contributed by atoms with Gasteiger partial charge in [0.25, 0.3) is 5.91 Å². The van der Waals surface area contributed by atoms with Gasteiger partial charge in [-0.05, 0) is 67.3 Å². The van der Waals surface area contributed by atoms with E-state index in [9.17, 15) is 14.4 Å². The Kier molecular flexibility index (Phi) is 5.56. The summed E-state index contributed by atoms with van der Waals surface area (Å²) in [4.78, 5) is 39.4. The van der Waals surface area contributed by atoms with Crippen molar-refractivity contribution in [2.45, 2.75) is 58.0 Å². The number of rotatable bonds is 6. The normalized spacial score (nSPS) is 21.1. The van der Waals surface area contributed by atoms with Crippen molar-refractivity contribution < 1.29 is 14.4 Å². The highest BCUT2D eigenvalue weighted by Gasteiger charge is 2.49. The Hall–Kier alpha value is -3.15. The first kappa shape index (κ1) is 21.1. The molecule has 2 aliphatic rings. The van der Waals surface area contributed by atoms with E-state index in [-0.39, 0.29) is 18.5 Å². The SMILES string of the molecule is CCc1ccc(C(C)NC(=O)CN2C(=O)NC(C)(c3ccc4c(c3)CCC4)C2=O)cc1. The molecule has 4 rings (SSSR count). The van der Waals surface area contributed by atoms with Gasteiger partial charge in [-0.25, -0.2) is 4.79 Å². The van der Waals surface area contributed by atoms with Crippen molar-refractivity contribution in [3.63, 3.8) is 0 Å². The van der Waals surface area contributed by atoms with Gasteiger partial charge in [0.05, 0.1) is 6.04 Å². The second-order valence-corrected chi connectivity index (χ2v) is 8.67. The molecule has 0 saturated carbocycles. The summed E-state index contributed by atoms with van der Waals surface area (Å²) in [6.07, 6.45) is 4.11. The Bertz CT molecular complexity index is 1030. The van der Waals surface area contributed by atoms with Crippen LogP contribution in [0.25, 0.3) is 0 Å². The van der Waals surface area contributed by atoms with Crippen molar-refractivity contribution in [3.8, 4) is 0 Å². The summed E-state index contributed by atoms with van der Waals surface area (Å²) in [5.74, 6) is -0.765.